The van der Waals surface area contributed by atoms with Gasteiger partial charge >= 0.3 is 0 Å². The van der Waals surface area contributed by atoms with Gasteiger partial charge in [-0.3, -0.25) is 4.79 Å². The van der Waals surface area contributed by atoms with Crippen LogP contribution in [-0.4, -0.2) is 57.6 Å². The Morgan fingerprint density at radius 3 is 2.66 bits per heavy atom. The van der Waals surface area contributed by atoms with Crippen molar-refractivity contribution in [3.8, 4) is 0 Å². The predicted octanol–water partition coefficient (Wildman–Crippen LogP) is 4.20. The third-order valence-corrected chi connectivity index (χ3v) is 7.73. The quantitative estimate of drug-likeness (QED) is 0.133. The zero-order valence-corrected chi connectivity index (χ0v) is 23.4. The summed E-state index contributed by atoms with van der Waals surface area (Å²) < 4.78 is 4.23. The van der Waals surface area contributed by atoms with E-state index in [0.717, 1.165) is 48.9 Å². The van der Waals surface area contributed by atoms with Gasteiger partial charge in [-0.25, -0.2) is 14.8 Å². The van der Waals surface area contributed by atoms with E-state index in [1.54, 1.807) is 38.4 Å². The third kappa shape index (κ3) is 6.12. The number of nitrogens with two attached hydrogens (primary N) is 2. The van der Waals surface area contributed by atoms with Crippen molar-refractivity contribution < 1.29 is 4.79 Å². The number of carbonyl (C=O) groups excluding carboxylic acids is 1. The van der Waals surface area contributed by atoms with Gasteiger partial charge in [-0.2, -0.15) is 5.10 Å². The van der Waals surface area contributed by atoms with Gasteiger partial charge in [0.15, 0.2) is 0 Å². The summed E-state index contributed by atoms with van der Waals surface area (Å²) in [5, 5.41) is 7.92. The molecule has 4 N–H and O–H groups in total. The molecule has 1 aliphatic rings. The predicted molar refractivity (Wildman–Crippen MR) is 157 cm³/mol. The molecular formula is C29H37N7OS. The van der Waals surface area contributed by atoms with Crippen LogP contribution in [0.15, 0.2) is 78.2 Å². The molecule has 1 saturated heterocycles. The largest absolute Gasteiger partial charge is 0.391 e. The fourth-order valence-corrected chi connectivity index (χ4v) is 6.27. The number of amides is 1. The van der Waals surface area contributed by atoms with Gasteiger partial charge in [-0.05, 0) is 73.5 Å². The summed E-state index contributed by atoms with van der Waals surface area (Å²) in [4.78, 5) is 12.7. The number of benzene rings is 2. The van der Waals surface area contributed by atoms with E-state index >= 15 is 0 Å². The number of carbonyl (C=O) groups is 1. The van der Waals surface area contributed by atoms with E-state index in [2.05, 4.69) is 53.7 Å². The Morgan fingerprint density at radius 2 is 1.97 bits per heavy atom. The molecule has 3 aromatic rings. The summed E-state index contributed by atoms with van der Waals surface area (Å²) in [6, 6.07) is 15.2. The smallest absolute Gasteiger partial charge is 0.213 e. The maximum atomic E-state index is 11.3. The molecule has 200 valence electrons. The average Bonchev–Trinajstić information content (AvgIpc) is 3.47. The lowest BCUT2D eigenvalue weighted by molar-refractivity contribution is -0.114. The third-order valence-electron chi connectivity index (χ3n) is 6.84. The van der Waals surface area contributed by atoms with Crippen LogP contribution in [-0.2, 0) is 16.6 Å². The van der Waals surface area contributed by atoms with Crippen LogP contribution in [0, 0.1) is 6.92 Å². The van der Waals surface area contributed by atoms with Crippen LogP contribution in [0.4, 0.5) is 0 Å². The van der Waals surface area contributed by atoms with Gasteiger partial charge in [0.1, 0.15) is 0 Å². The maximum absolute atomic E-state index is 11.3. The van der Waals surface area contributed by atoms with Gasteiger partial charge < -0.3 is 15.6 Å². The zero-order chi connectivity index (χ0) is 27.3. The first-order chi connectivity index (χ1) is 18.2. The molecule has 1 aromatic heterocycles. The second-order valence-corrected chi connectivity index (χ2v) is 11.1. The van der Waals surface area contributed by atoms with Gasteiger partial charge in [0, 0.05) is 50.4 Å². The maximum Gasteiger partial charge on any atom is 0.213 e. The molecular weight excluding hydrogens is 494 g/mol. The zero-order valence-electron chi connectivity index (χ0n) is 22.5. The molecule has 0 saturated carbocycles. The van der Waals surface area contributed by atoms with Gasteiger partial charge in [-0.15, -0.1) is 0 Å². The Bertz CT molecular complexity index is 1360. The lowest BCUT2D eigenvalue weighted by atomic mass is 9.73. The summed E-state index contributed by atoms with van der Waals surface area (Å²) in [6.45, 7) is 5.92. The Kier molecular flexibility index (Phi) is 8.61. The van der Waals surface area contributed by atoms with E-state index in [0.29, 0.717) is 5.03 Å². The molecule has 1 atom stereocenters. The highest BCUT2D eigenvalue weighted by molar-refractivity contribution is 8.00. The minimum absolute atomic E-state index is 0.0800. The summed E-state index contributed by atoms with van der Waals surface area (Å²) in [5.41, 5.74) is 11.9. The normalized spacial score (nSPS) is 19.0. The number of hydrazine groups is 1. The van der Waals surface area contributed by atoms with Crippen molar-refractivity contribution in [1.82, 2.24) is 24.0 Å². The number of nitrogens with zero attached hydrogens (tertiary/aromatic N) is 5. The van der Waals surface area contributed by atoms with Crippen molar-refractivity contribution in [2.45, 2.75) is 32.1 Å². The Labute approximate surface area is 229 Å². The molecule has 4 rings (SSSR count). The van der Waals surface area contributed by atoms with Crippen molar-refractivity contribution in [3.05, 3.63) is 94.9 Å². The number of fused-ring (bicyclic) bond motifs is 1. The van der Waals surface area contributed by atoms with Crippen molar-refractivity contribution in [2.75, 3.05) is 27.2 Å². The fourth-order valence-electron chi connectivity index (χ4n) is 5.27. The van der Waals surface area contributed by atoms with Crippen LogP contribution >= 0.6 is 11.9 Å². The number of hydrogen-bond donors (Lipinski definition) is 2. The second kappa shape index (κ2) is 11.9. The Hall–Kier alpha value is -3.53. The molecule has 1 aliphatic heterocycles. The van der Waals surface area contributed by atoms with Gasteiger partial charge in [-0.1, -0.05) is 36.4 Å². The first kappa shape index (κ1) is 27.5. The van der Waals surface area contributed by atoms with Gasteiger partial charge in [0.05, 0.1) is 22.4 Å². The van der Waals surface area contributed by atoms with E-state index in [4.69, 9.17) is 16.7 Å². The SMILES string of the molecule is C/C=C\C(=C/N(C)C=O)n1ncc2cc(C3(Cc4ccccc4)CCN(S/C(N)=C/N(C)N)C3)c(C)cc21. The van der Waals surface area contributed by atoms with E-state index in [1.165, 1.54) is 26.6 Å². The average molecular weight is 532 g/mol. The van der Waals surface area contributed by atoms with Crippen molar-refractivity contribution in [1.29, 1.82) is 0 Å². The number of allylic oxidation sites excluding steroid dienone is 3. The molecule has 0 spiro atoms. The van der Waals surface area contributed by atoms with Gasteiger partial charge in [0.25, 0.3) is 0 Å². The molecule has 2 aromatic carbocycles. The number of rotatable bonds is 10. The van der Waals surface area contributed by atoms with Crippen molar-refractivity contribution in [2.24, 2.45) is 11.6 Å². The molecule has 1 amide bonds. The summed E-state index contributed by atoms with van der Waals surface area (Å²) in [6.07, 6.45) is 12.1. The van der Waals surface area contributed by atoms with Crippen molar-refractivity contribution >= 4 is 35.0 Å². The summed E-state index contributed by atoms with van der Waals surface area (Å²) in [7, 11) is 3.49. The van der Waals surface area contributed by atoms with Crippen molar-refractivity contribution in [3.63, 3.8) is 0 Å². The molecule has 9 heteroatoms. The summed E-state index contributed by atoms with van der Waals surface area (Å²) >= 11 is 1.56. The first-order valence-corrected chi connectivity index (χ1v) is 13.4. The number of aromatic nitrogens is 2. The fraction of sp³-hybridized carbons (Fsp3) is 0.310. The molecule has 1 unspecified atom stereocenters. The second-order valence-electron chi connectivity index (χ2n) is 9.95. The van der Waals surface area contributed by atoms with E-state index in [-0.39, 0.29) is 5.41 Å². The van der Waals surface area contributed by atoms with Crippen LogP contribution in [0.1, 0.15) is 30.0 Å². The number of hydrogen-bond acceptors (Lipinski definition) is 7. The number of aryl methyl sites for hydroxylation is 1. The molecule has 38 heavy (non-hydrogen) atoms. The van der Waals surface area contributed by atoms with Crippen LogP contribution in [0.25, 0.3) is 16.6 Å². The van der Waals surface area contributed by atoms with E-state index < -0.39 is 0 Å². The lowest BCUT2D eigenvalue weighted by Gasteiger charge is -2.32. The highest BCUT2D eigenvalue weighted by Gasteiger charge is 2.41. The Balaban J connectivity index is 1.76. The minimum atomic E-state index is -0.0800. The van der Waals surface area contributed by atoms with Crippen LogP contribution in [0.5, 0.6) is 0 Å². The highest BCUT2D eigenvalue weighted by atomic mass is 32.2. The molecule has 2 heterocycles. The first-order valence-electron chi connectivity index (χ1n) is 12.7. The van der Waals surface area contributed by atoms with Crippen LogP contribution in [0.2, 0.25) is 0 Å². The standard InChI is InChI=1S/C29H37N7OS/c1-5-9-25(18-33(3)21-37)36-27-14-22(2)26(15-24(27)17-32-36)29(16-23-10-7-6-8-11-23)12-13-35(20-29)38-28(30)19-34(4)31/h5-11,14-15,17-19,21H,12-13,16,20,30-31H2,1-4H3/b9-5-,25-18+,28-19+. The molecule has 0 aliphatic carbocycles. The Morgan fingerprint density at radius 1 is 1.21 bits per heavy atom. The van der Waals surface area contributed by atoms with Crippen LogP contribution in [0.3, 0.4) is 0 Å². The minimum Gasteiger partial charge on any atom is -0.391 e. The highest BCUT2D eigenvalue weighted by Crippen LogP contribution is 2.43. The van der Waals surface area contributed by atoms with E-state index in [1.807, 2.05) is 30.0 Å². The van der Waals surface area contributed by atoms with Gasteiger partial charge in [0.2, 0.25) is 6.41 Å². The van der Waals surface area contributed by atoms with E-state index in [9.17, 15) is 4.79 Å². The monoisotopic (exact) mass is 531 g/mol. The topological polar surface area (TPSA) is 96.6 Å². The van der Waals surface area contributed by atoms with Crippen LogP contribution < -0.4 is 11.6 Å². The molecule has 0 bridgehead atoms. The molecule has 0 radical (unpaired) electrons. The summed E-state index contributed by atoms with van der Waals surface area (Å²) in [5.74, 6) is 5.77. The molecule has 8 nitrogen and oxygen atoms in total. The molecule has 1 fully saturated rings. The lowest BCUT2D eigenvalue weighted by Crippen LogP contribution is -2.33.